The van der Waals surface area contributed by atoms with Gasteiger partial charge in [-0.25, -0.2) is 0 Å². The third-order valence-electron chi connectivity index (χ3n) is 5.20. The normalized spacial score (nSPS) is 17.2. The summed E-state index contributed by atoms with van der Waals surface area (Å²) in [5.74, 6) is 1.20. The van der Waals surface area contributed by atoms with E-state index in [4.69, 9.17) is 4.74 Å². The van der Waals surface area contributed by atoms with Gasteiger partial charge in [0.1, 0.15) is 5.75 Å². The van der Waals surface area contributed by atoms with Crippen molar-refractivity contribution in [2.45, 2.75) is 19.9 Å². The lowest BCUT2D eigenvalue weighted by Crippen LogP contribution is -2.48. The zero-order valence-corrected chi connectivity index (χ0v) is 14.7. The first-order chi connectivity index (χ1) is 12.2. The Labute approximate surface area is 149 Å². The number of nitrogens with zero attached hydrogens (tertiary/aromatic N) is 2. The number of ether oxygens (including phenoxy) is 1. The quantitative estimate of drug-likeness (QED) is 0.864. The van der Waals surface area contributed by atoms with Crippen LogP contribution in [-0.4, -0.2) is 48.5 Å². The van der Waals surface area contributed by atoms with Gasteiger partial charge in [0.2, 0.25) is 0 Å². The van der Waals surface area contributed by atoms with E-state index in [2.05, 4.69) is 23.1 Å². The number of benzene rings is 2. The van der Waals surface area contributed by atoms with Crippen molar-refractivity contribution in [2.24, 2.45) is 0 Å². The van der Waals surface area contributed by atoms with E-state index in [1.807, 2.05) is 36.1 Å². The number of fused-ring (bicyclic) bond motifs is 1. The van der Waals surface area contributed by atoms with Crippen LogP contribution >= 0.6 is 0 Å². The Hall–Kier alpha value is -2.33. The molecule has 0 aliphatic carbocycles. The highest BCUT2D eigenvalue weighted by molar-refractivity contribution is 5.95. The van der Waals surface area contributed by atoms with Gasteiger partial charge in [-0.15, -0.1) is 0 Å². The zero-order chi connectivity index (χ0) is 17.2. The molecule has 2 aliphatic heterocycles. The minimum absolute atomic E-state index is 0.160. The van der Waals surface area contributed by atoms with Gasteiger partial charge >= 0.3 is 0 Å². The molecule has 0 bridgehead atoms. The van der Waals surface area contributed by atoms with Gasteiger partial charge in [-0.3, -0.25) is 9.69 Å². The van der Waals surface area contributed by atoms with Crippen molar-refractivity contribution in [3.8, 4) is 5.75 Å². The van der Waals surface area contributed by atoms with Gasteiger partial charge in [-0.2, -0.15) is 0 Å². The summed E-state index contributed by atoms with van der Waals surface area (Å²) in [5, 5.41) is 0. The molecule has 2 aliphatic rings. The molecule has 0 radical (unpaired) electrons. The molecule has 0 saturated carbocycles. The van der Waals surface area contributed by atoms with Crippen LogP contribution in [0.5, 0.6) is 5.75 Å². The molecule has 2 aromatic carbocycles. The first-order valence-corrected chi connectivity index (χ1v) is 9.02. The van der Waals surface area contributed by atoms with E-state index in [0.717, 1.165) is 62.6 Å². The summed E-state index contributed by atoms with van der Waals surface area (Å²) in [5.41, 5.74) is 4.54. The third-order valence-corrected chi connectivity index (χ3v) is 5.20. The number of carbonyl (C=O) groups is 1. The minimum Gasteiger partial charge on any atom is -0.493 e. The first-order valence-electron chi connectivity index (χ1n) is 9.02. The Morgan fingerprint density at radius 2 is 1.88 bits per heavy atom. The smallest absolute Gasteiger partial charge is 0.254 e. The summed E-state index contributed by atoms with van der Waals surface area (Å²) in [7, 11) is 0. The molecule has 0 N–H and O–H groups in total. The lowest BCUT2D eigenvalue weighted by Gasteiger charge is -2.35. The molecule has 1 fully saturated rings. The van der Waals surface area contributed by atoms with Crippen LogP contribution in [0.15, 0.2) is 42.5 Å². The van der Waals surface area contributed by atoms with Crippen molar-refractivity contribution in [3.05, 3.63) is 64.7 Å². The van der Waals surface area contributed by atoms with E-state index in [1.54, 1.807) is 0 Å². The third kappa shape index (κ3) is 3.40. The van der Waals surface area contributed by atoms with Crippen molar-refractivity contribution < 1.29 is 9.53 Å². The van der Waals surface area contributed by atoms with Crippen LogP contribution in [-0.2, 0) is 13.0 Å². The van der Waals surface area contributed by atoms with Crippen LogP contribution in [0.1, 0.15) is 27.0 Å². The average Bonchev–Trinajstić information content (AvgIpc) is 3.10. The van der Waals surface area contributed by atoms with Gasteiger partial charge < -0.3 is 9.64 Å². The SMILES string of the molecule is Cc1ccccc1C(=O)N1CCN(Cc2ccc3c(c2)CCO3)CC1. The Balaban J connectivity index is 1.35. The van der Waals surface area contributed by atoms with Gasteiger partial charge in [0.25, 0.3) is 5.91 Å². The minimum atomic E-state index is 0.160. The second kappa shape index (κ2) is 6.89. The Bertz CT molecular complexity index is 779. The number of carbonyl (C=O) groups excluding carboxylic acids is 1. The van der Waals surface area contributed by atoms with E-state index >= 15 is 0 Å². The number of hydrogen-bond acceptors (Lipinski definition) is 3. The van der Waals surface area contributed by atoms with Crippen LogP contribution in [0.25, 0.3) is 0 Å². The van der Waals surface area contributed by atoms with Crippen molar-refractivity contribution in [2.75, 3.05) is 32.8 Å². The summed E-state index contributed by atoms with van der Waals surface area (Å²) < 4.78 is 5.58. The van der Waals surface area contributed by atoms with E-state index < -0.39 is 0 Å². The van der Waals surface area contributed by atoms with Gasteiger partial charge in [-0.05, 0) is 35.7 Å². The second-order valence-electron chi connectivity index (χ2n) is 6.92. The van der Waals surface area contributed by atoms with Gasteiger partial charge in [0, 0.05) is 44.7 Å². The van der Waals surface area contributed by atoms with E-state index in [9.17, 15) is 4.79 Å². The molecule has 0 aromatic heterocycles. The van der Waals surface area contributed by atoms with Crippen LogP contribution in [0.4, 0.5) is 0 Å². The largest absolute Gasteiger partial charge is 0.493 e. The predicted molar refractivity (Wildman–Crippen MR) is 98.0 cm³/mol. The Kier molecular flexibility index (Phi) is 4.45. The maximum atomic E-state index is 12.7. The second-order valence-corrected chi connectivity index (χ2v) is 6.92. The number of aryl methyl sites for hydroxylation is 1. The maximum Gasteiger partial charge on any atom is 0.254 e. The topological polar surface area (TPSA) is 32.8 Å². The average molecular weight is 336 g/mol. The fourth-order valence-electron chi connectivity index (χ4n) is 3.69. The van der Waals surface area contributed by atoms with Crippen LogP contribution in [0.3, 0.4) is 0 Å². The molecule has 4 nitrogen and oxygen atoms in total. The molecule has 25 heavy (non-hydrogen) atoms. The molecule has 4 heteroatoms. The fraction of sp³-hybridized carbons (Fsp3) is 0.381. The summed E-state index contributed by atoms with van der Waals surface area (Å²) in [6.07, 6.45) is 1.02. The molecular weight excluding hydrogens is 312 g/mol. The fourth-order valence-corrected chi connectivity index (χ4v) is 3.69. The van der Waals surface area contributed by atoms with Crippen molar-refractivity contribution in [3.63, 3.8) is 0 Å². The number of hydrogen-bond donors (Lipinski definition) is 0. The highest BCUT2D eigenvalue weighted by Gasteiger charge is 2.23. The summed E-state index contributed by atoms with van der Waals surface area (Å²) in [6.45, 7) is 7.18. The van der Waals surface area contributed by atoms with Gasteiger partial charge in [-0.1, -0.05) is 30.3 Å². The molecule has 0 atom stereocenters. The summed E-state index contributed by atoms with van der Waals surface area (Å²) in [4.78, 5) is 17.1. The van der Waals surface area contributed by atoms with Crippen molar-refractivity contribution >= 4 is 5.91 Å². The first kappa shape index (κ1) is 16.2. The lowest BCUT2D eigenvalue weighted by atomic mass is 10.1. The molecule has 2 aromatic rings. The number of rotatable bonds is 3. The van der Waals surface area contributed by atoms with Gasteiger partial charge in [0.05, 0.1) is 6.61 Å². The highest BCUT2D eigenvalue weighted by atomic mass is 16.5. The van der Waals surface area contributed by atoms with E-state index in [1.165, 1.54) is 11.1 Å². The van der Waals surface area contributed by atoms with Gasteiger partial charge in [0.15, 0.2) is 0 Å². The summed E-state index contributed by atoms with van der Waals surface area (Å²) >= 11 is 0. The summed E-state index contributed by atoms with van der Waals surface area (Å²) in [6, 6.07) is 14.4. The molecule has 1 saturated heterocycles. The molecule has 0 unspecified atom stereocenters. The van der Waals surface area contributed by atoms with Crippen molar-refractivity contribution in [1.29, 1.82) is 0 Å². The molecular formula is C21H24N2O2. The lowest BCUT2D eigenvalue weighted by molar-refractivity contribution is 0.0627. The molecule has 4 rings (SSSR count). The zero-order valence-electron chi connectivity index (χ0n) is 14.7. The monoisotopic (exact) mass is 336 g/mol. The molecule has 2 heterocycles. The van der Waals surface area contributed by atoms with Crippen LogP contribution < -0.4 is 4.74 Å². The molecule has 1 amide bonds. The highest BCUT2D eigenvalue weighted by Crippen LogP contribution is 2.26. The Morgan fingerprint density at radius 3 is 2.68 bits per heavy atom. The maximum absolute atomic E-state index is 12.7. The van der Waals surface area contributed by atoms with Crippen LogP contribution in [0.2, 0.25) is 0 Å². The van der Waals surface area contributed by atoms with Crippen molar-refractivity contribution in [1.82, 2.24) is 9.80 Å². The standard InChI is InChI=1S/C21H24N2O2/c1-16-4-2-3-5-19(16)21(24)23-11-9-22(10-12-23)15-17-6-7-20-18(14-17)8-13-25-20/h2-7,14H,8-13,15H2,1H3. The van der Waals surface area contributed by atoms with Crippen LogP contribution in [0, 0.1) is 6.92 Å². The molecule has 0 spiro atoms. The molecule has 130 valence electrons. The number of piperazine rings is 1. The Morgan fingerprint density at radius 1 is 1.08 bits per heavy atom. The van der Waals surface area contributed by atoms with E-state index in [0.29, 0.717) is 0 Å². The van der Waals surface area contributed by atoms with E-state index in [-0.39, 0.29) is 5.91 Å². The predicted octanol–water partition coefficient (Wildman–Crippen LogP) is 2.89. The number of amides is 1.